The van der Waals surface area contributed by atoms with Crippen LogP contribution in [0.5, 0.6) is 23.0 Å². The van der Waals surface area contributed by atoms with Gasteiger partial charge in [-0.3, -0.25) is 4.79 Å². The van der Waals surface area contributed by atoms with Crippen molar-refractivity contribution in [1.29, 1.82) is 0 Å². The third-order valence-corrected chi connectivity index (χ3v) is 5.95. The molecule has 1 heterocycles. The summed E-state index contributed by atoms with van der Waals surface area (Å²) in [6.07, 6.45) is 0.861. The monoisotopic (exact) mass is 442 g/mol. The van der Waals surface area contributed by atoms with Crippen LogP contribution >= 0.6 is 0 Å². The number of hydrogen-bond donors (Lipinski definition) is 1. The van der Waals surface area contributed by atoms with Crippen molar-refractivity contribution in [2.75, 3.05) is 54.6 Å². The molecule has 7 nitrogen and oxygen atoms in total. The van der Waals surface area contributed by atoms with Crippen molar-refractivity contribution >= 4 is 5.91 Å². The van der Waals surface area contributed by atoms with E-state index in [1.54, 1.807) is 34.5 Å². The highest BCUT2D eigenvalue weighted by Gasteiger charge is 2.37. The summed E-state index contributed by atoms with van der Waals surface area (Å²) in [7, 11) is 6.47. The molecule has 174 valence electrons. The van der Waals surface area contributed by atoms with Gasteiger partial charge >= 0.3 is 0 Å². The van der Waals surface area contributed by atoms with Crippen LogP contribution in [0.4, 0.5) is 0 Å². The Morgan fingerprint density at radius 1 is 0.875 bits per heavy atom. The molecule has 0 atom stereocenters. The number of nitrogens with one attached hydrogen (secondary N) is 1. The van der Waals surface area contributed by atoms with E-state index in [9.17, 15) is 4.79 Å². The Balaban J connectivity index is 1.59. The zero-order valence-corrected chi connectivity index (χ0v) is 19.9. The lowest BCUT2D eigenvalue weighted by molar-refractivity contribution is 0.0689. The number of hydrogen-bond acceptors (Lipinski definition) is 6. The Morgan fingerprint density at radius 2 is 1.50 bits per heavy atom. The van der Waals surface area contributed by atoms with E-state index in [1.807, 2.05) is 29.2 Å². The predicted molar refractivity (Wildman–Crippen MR) is 125 cm³/mol. The third kappa shape index (κ3) is 4.93. The molecule has 0 saturated heterocycles. The largest absolute Gasteiger partial charge is 0.493 e. The minimum Gasteiger partial charge on any atom is -0.493 e. The third-order valence-electron chi connectivity index (χ3n) is 5.95. The average molecular weight is 443 g/mol. The maximum absolute atomic E-state index is 13.2. The van der Waals surface area contributed by atoms with Crippen LogP contribution in [0.2, 0.25) is 0 Å². The fourth-order valence-electron chi connectivity index (χ4n) is 4.21. The topological polar surface area (TPSA) is 69.3 Å². The van der Waals surface area contributed by atoms with Gasteiger partial charge in [0.1, 0.15) is 0 Å². The van der Waals surface area contributed by atoms with Crippen molar-refractivity contribution in [2.45, 2.75) is 25.7 Å². The quantitative estimate of drug-likeness (QED) is 0.570. The molecule has 1 aliphatic heterocycles. The van der Waals surface area contributed by atoms with Crippen molar-refractivity contribution in [3.63, 3.8) is 0 Å². The lowest BCUT2D eigenvalue weighted by Crippen LogP contribution is -2.48. The van der Waals surface area contributed by atoms with E-state index >= 15 is 0 Å². The Kier molecular flexibility index (Phi) is 7.51. The molecule has 0 fully saturated rings. The standard InChI is InChI=1S/C25H34N2O5/c1-25(2)16-27(24(28)18-14-22(31-5)23(32-6)15-19(18)25)12-11-26-10-9-17-7-8-20(29-3)21(13-17)30-4/h7-8,13-15,26H,9-12,16H2,1-6H3. The van der Waals surface area contributed by atoms with Crippen LogP contribution in [-0.2, 0) is 11.8 Å². The lowest BCUT2D eigenvalue weighted by atomic mass is 9.77. The molecule has 0 aliphatic carbocycles. The second-order valence-corrected chi connectivity index (χ2v) is 8.55. The van der Waals surface area contributed by atoms with Crippen molar-refractivity contribution < 1.29 is 23.7 Å². The first-order valence-electron chi connectivity index (χ1n) is 10.8. The van der Waals surface area contributed by atoms with Gasteiger partial charge in [0, 0.05) is 30.6 Å². The molecule has 7 heteroatoms. The molecule has 32 heavy (non-hydrogen) atoms. The van der Waals surface area contributed by atoms with Gasteiger partial charge in [-0.15, -0.1) is 0 Å². The molecule has 2 aromatic carbocycles. The summed E-state index contributed by atoms with van der Waals surface area (Å²) in [6.45, 7) is 7.14. The van der Waals surface area contributed by atoms with Gasteiger partial charge in [-0.2, -0.15) is 0 Å². The normalized spacial score (nSPS) is 14.7. The molecule has 0 radical (unpaired) electrons. The number of amides is 1. The van der Waals surface area contributed by atoms with E-state index in [4.69, 9.17) is 18.9 Å². The molecule has 1 aliphatic rings. The highest BCUT2D eigenvalue weighted by molar-refractivity contribution is 5.98. The van der Waals surface area contributed by atoms with Crippen molar-refractivity contribution in [3.8, 4) is 23.0 Å². The molecule has 0 saturated carbocycles. The highest BCUT2D eigenvalue weighted by atomic mass is 16.5. The summed E-state index contributed by atoms with van der Waals surface area (Å²) in [5.41, 5.74) is 2.67. The molecule has 0 spiro atoms. The van der Waals surface area contributed by atoms with Crippen LogP contribution in [0.15, 0.2) is 30.3 Å². The molecule has 1 N–H and O–H groups in total. The van der Waals surface area contributed by atoms with Crippen molar-refractivity contribution in [2.24, 2.45) is 0 Å². The van der Waals surface area contributed by atoms with E-state index in [-0.39, 0.29) is 11.3 Å². The number of carbonyl (C=O) groups is 1. The van der Waals surface area contributed by atoms with Crippen LogP contribution in [0, 0.1) is 0 Å². The highest BCUT2D eigenvalue weighted by Crippen LogP contribution is 2.40. The summed E-state index contributed by atoms with van der Waals surface area (Å²) < 4.78 is 21.5. The smallest absolute Gasteiger partial charge is 0.254 e. The summed E-state index contributed by atoms with van der Waals surface area (Å²) in [4.78, 5) is 15.1. The lowest BCUT2D eigenvalue weighted by Gasteiger charge is -2.40. The Labute approximate surface area is 190 Å². The number of carbonyl (C=O) groups excluding carboxylic acids is 1. The first-order valence-corrected chi connectivity index (χ1v) is 10.8. The average Bonchev–Trinajstić information content (AvgIpc) is 2.80. The van der Waals surface area contributed by atoms with E-state index in [0.29, 0.717) is 30.2 Å². The van der Waals surface area contributed by atoms with E-state index in [0.717, 1.165) is 36.6 Å². The van der Waals surface area contributed by atoms with E-state index in [1.165, 1.54) is 5.56 Å². The van der Waals surface area contributed by atoms with Crippen LogP contribution in [0.1, 0.15) is 35.3 Å². The number of nitrogens with zero attached hydrogens (tertiary/aromatic N) is 1. The van der Waals surface area contributed by atoms with Crippen LogP contribution < -0.4 is 24.3 Å². The van der Waals surface area contributed by atoms with Crippen LogP contribution in [-0.4, -0.2) is 65.4 Å². The molecule has 2 aromatic rings. The van der Waals surface area contributed by atoms with Gasteiger partial charge in [0.25, 0.3) is 5.91 Å². The second kappa shape index (κ2) is 10.1. The van der Waals surface area contributed by atoms with Gasteiger partial charge in [0.2, 0.25) is 0 Å². The zero-order valence-electron chi connectivity index (χ0n) is 19.9. The van der Waals surface area contributed by atoms with Gasteiger partial charge < -0.3 is 29.2 Å². The predicted octanol–water partition coefficient (Wildman–Crippen LogP) is 3.29. The van der Waals surface area contributed by atoms with Crippen LogP contribution in [0.25, 0.3) is 0 Å². The number of ether oxygens (including phenoxy) is 4. The van der Waals surface area contributed by atoms with Gasteiger partial charge in [0.05, 0.1) is 28.4 Å². The maximum atomic E-state index is 13.2. The van der Waals surface area contributed by atoms with Gasteiger partial charge in [-0.1, -0.05) is 19.9 Å². The van der Waals surface area contributed by atoms with Crippen molar-refractivity contribution in [3.05, 3.63) is 47.0 Å². The van der Waals surface area contributed by atoms with E-state index < -0.39 is 0 Å². The Bertz CT molecular complexity index is 958. The summed E-state index contributed by atoms with van der Waals surface area (Å²) in [5, 5.41) is 3.45. The number of fused-ring (bicyclic) bond motifs is 1. The molecular weight excluding hydrogens is 408 g/mol. The molecule has 0 unspecified atom stereocenters. The fraction of sp³-hybridized carbons (Fsp3) is 0.480. The first kappa shape index (κ1) is 23.7. The summed E-state index contributed by atoms with van der Waals surface area (Å²) in [6, 6.07) is 9.69. The zero-order chi connectivity index (χ0) is 23.3. The molecule has 3 rings (SSSR count). The maximum Gasteiger partial charge on any atom is 0.254 e. The molecular formula is C25H34N2O5. The fourth-order valence-corrected chi connectivity index (χ4v) is 4.21. The number of rotatable bonds is 10. The minimum absolute atomic E-state index is 0.0296. The van der Waals surface area contributed by atoms with Crippen molar-refractivity contribution in [1.82, 2.24) is 10.2 Å². The van der Waals surface area contributed by atoms with E-state index in [2.05, 4.69) is 19.2 Å². The Hall–Kier alpha value is -2.93. The summed E-state index contributed by atoms with van der Waals surface area (Å²) >= 11 is 0. The van der Waals surface area contributed by atoms with Gasteiger partial charge in [-0.05, 0) is 48.4 Å². The minimum atomic E-state index is -0.178. The van der Waals surface area contributed by atoms with Gasteiger partial charge in [0.15, 0.2) is 23.0 Å². The first-order chi connectivity index (χ1) is 15.3. The second-order valence-electron chi connectivity index (χ2n) is 8.55. The molecule has 0 aromatic heterocycles. The SMILES string of the molecule is COc1ccc(CCNCCN2CC(C)(C)c3cc(OC)c(OC)cc3C2=O)cc1OC. The Morgan fingerprint density at radius 3 is 2.16 bits per heavy atom. The summed E-state index contributed by atoms with van der Waals surface area (Å²) in [5.74, 6) is 2.71. The van der Waals surface area contributed by atoms with Gasteiger partial charge in [-0.25, -0.2) is 0 Å². The molecule has 0 bridgehead atoms. The van der Waals surface area contributed by atoms with Crippen LogP contribution in [0.3, 0.4) is 0 Å². The molecule has 1 amide bonds. The number of benzene rings is 2. The number of methoxy groups -OCH3 is 4.